The average molecular weight is 732 g/mol. The van der Waals surface area contributed by atoms with E-state index >= 15 is 4.79 Å². The van der Waals surface area contributed by atoms with Gasteiger partial charge >= 0.3 is 17.6 Å². The molecule has 2 aromatic heterocycles. The van der Waals surface area contributed by atoms with Crippen LogP contribution >= 0.6 is 23.2 Å². The first-order valence-corrected chi connectivity index (χ1v) is 16.1. The van der Waals surface area contributed by atoms with E-state index in [0.29, 0.717) is 44.7 Å². The zero-order chi connectivity index (χ0) is 35.7. The number of fused-ring (bicyclic) bond motifs is 4. The van der Waals surface area contributed by atoms with E-state index in [-0.39, 0.29) is 32.0 Å². The maximum absolute atomic E-state index is 15.1. The Labute approximate surface area is 290 Å². The maximum Gasteiger partial charge on any atom is 0.417 e. The van der Waals surface area contributed by atoms with Gasteiger partial charge in [-0.3, -0.25) is 15.0 Å². The number of amides is 2. The fourth-order valence-electron chi connectivity index (χ4n) is 7.45. The largest absolute Gasteiger partial charge is 0.491 e. The summed E-state index contributed by atoms with van der Waals surface area (Å²) in [6.45, 7) is -0.175. The monoisotopic (exact) mass is 730 g/mol. The molecule has 17 heteroatoms. The van der Waals surface area contributed by atoms with Gasteiger partial charge in [0.15, 0.2) is 5.82 Å². The van der Waals surface area contributed by atoms with Gasteiger partial charge in [-0.25, -0.2) is 28.5 Å². The number of aromatic nitrogens is 4. The Morgan fingerprint density at radius 2 is 1.74 bits per heavy atom. The van der Waals surface area contributed by atoms with Gasteiger partial charge in [0, 0.05) is 24.2 Å². The number of aliphatic hydroxyl groups is 1. The van der Waals surface area contributed by atoms with Gasteiger partial charge in [-0.05, 0) is 53.5 Å². The fourth-order valence-corrected chi connectivity index (χ4v) is 7.78. The molecule has 7 rings (SSSR count). The van der Waals surface area contributed by atoms with Crippen molar-refractivity contribution in [2.45, 2.75) is 36.5 Å². The molecule has 0 unspecified atom stereocenters. The number of allylic oxidation sites excluding steroid dienone is 2. The van der Waals surface area contributed by atoms with Crippen LogP contribution in [0.4, 0.5) is 19.0 Å². The Balaban J connectivity index is 1.44. The second kappa shape index (κ2) is 12.2. The highest BCUT2D eigenvalue weighted by atomic mass is 35.5. The molecule has 3 aliphatic rings. The average Bonchev–Trinajstić information content (AvgIpc) is 3.44. The number of hydrogen-bond acceptors (Lipinski definition) is 8. The molecule has 4 heterocycles. The van der Waals surface area contributed by atoms with E-state index in [2.05, 4.69) is 10.4 Å². The van der Waals surface area contributed by atoms with Crippen molar-refractivity contribution in [1.82, 2.24) is 23.9 Å². The number of carbonyl (C=O) groups is 2. The first kappa shape index (κ1) is 33.6. The third-order valence-electron chi connectivity index (χ3n) is 9.58. The molecule has 2 aromatic carbocycles. The number of halogens is 5. The van der Waals surface area contributed by atoms with Gasteiger partial charge in [-0.15, -0.1) is 0 Å². The molecule has 4 atom stereocenters. The van der Waals surface area contributed by atoms with Gasteiger partial charge in [0.1, 0.15) is 12.4 Å². The molecule has 2 amide bonds. The van der Waals surface area contributed by atoms with Gasteiger partial charge in [-0.2, -0.15) is 18.2 Å². The van der Waals surface area contributed by atoms with Gasteiger partial charge in [0.2, 0.25) is 0 Å². The van der Waals surface area contributed by atoms with E-state index in [1.807, 2.05) is 0 Å². The van der Waals surface area contributed by atoms with Gasteiger partial charge in [0.25, 0.3) is 11.8 Å². The molecule has 0 bridgehead atoms. The summed E-state index contributed by atoms with van der Waals surface area (Å²) >= 11 is 12.5. The molecule has 0 radical (unpaired) electrons. The first-order chi connectivity index (χ1) is 23.8. The molecule has 1 saturated heterocycles. The molecular formula is C33H27Cl2F3N6O6. The predicted octanol–water partition coefficient (Wildman–Crippen LogP) is 4.06. The molecule has 4 aromatic rings. The lowest BCUT2D eigenvalue weighted by Gasteiger charge is -2.49. The molecule has 50 heavy (non-hydrogen) atoms. The predicted molar refractivity (Wildman–Crippen MR) is 174 cm³/mol. The number of imide groups is 1. The van der Waals surface area contributed by atoms with E-state index in [1.54, 1.807) is 54.6 Å². The third kappa shape index (κ3) is 5.05. The lowest BCUT2D eigenvalue weighted by molar-refractivity contribution is -0.139. The maximum atomic E-state index is 15.1. The number of carbonyl (C=O) groups excluding carboxylic acids is 2. The number of benzene rings is 2. The van der Waals surface area contributed by atoms with E-state index in [4.69, 9.17) is 27.9 Å². The number of nitrogens with zero attached hydrogens (tertiary/aromatic N) is 5. The molecule has 0 spiro atoms. The Morgan fingerprint density at radius 1 is 1.04 bits per heavy atom. The van der Waals surface area contributed by atoms with Gasteiger partial charge in [0.05, 0.1) is 41.1 Å². The number of alkyl halides is 3. The normalized spacial score (nSPS) is 22.9. The van der Waals surface area contributed by atoms with Crippen molar-refractivity contribution in [3.8, 4) is 5.75 Å². The number of aliphatic hydroxyl groups excluding tert-OH is 1. The minimum atomic E-state index is -4.74. The lowest BCUT2D eigenvalue weighted by Crippen LogP contribution is -2.53. The third-order valence-corrected chi connectivity index (χ3v) is 10.1. The van der Waals surface area contributed by atoms with E-state index in [1.165, 1.54) is 16.4 Å². The molecule has 1 aliphatic carbocycles. The van der Waals surface area contributed by atoms with Crippen LogP contribution in [0.15, 0.2) is 82.0 Å². The number of hydrazine groups is 1. The fraction of sp³-hybridized carbons (Fsp3) is 0.303. The quantitative estimate of drug-likeness (QED) is 0.214. The van der Waals surface area contributed by atoms with Crippen LogP contribution in [0.5, 0.6) is 5.75 Å². The molecular weight excluding hydrogens is 704 g/mol. The topological polar surface area (TPSA) is 141 Å². The summed E-state index contributed by atoms with van der Waals surface area (Å²) in [5.74, 6) is -3.53. The number of rotatable bonds is 7. The molecule has 1 saturated carbocycles. The lowest BCUT2D eigenvalue weighted by atomic mass is 9.53. The summed E-state index contributed by atoms with van der Waals surface area (Å²) in [4.78, 5) is 60.0. The Kier molecular flexibility index (Phi) is 8.19. The smallest absolute Gasteiger partial charge is 0.417 e. The van der Waals surface area contributed by atoms with Crippen LogP contribution in [-0.2, 0) is 34.8 Å². The number of pyridine rings is 1. The van der Waals surface area contributed by atoms with E-state index < -0.39 is 63.2 Å². The Morgan fingerprint density at radius 3 is 2.38 bits per heavy atom. The van der Waals surface area contributed by atoms with Crippen molar-refractivity contribution in [1.29, 1.82) is 0 Å². The van der Waals surface area contributed by atoms with Crippen LogP contribution < -0.4 is 21.5 Å². The van der Waals surface area contributed by atoms with Crippen LogP contribution in [0.3, 0.4) is 0 Å². The zero-order valence-electron chi connectivity index (χ0n) is 26.0. The molecule has 2 N–H and O–H groups in total. The van der Waals surface area contributed by atoms with Crippen molar-refractivity contribution >= 4 is 40.8 Å². The van der Waals surface area contributed by atoms with Gasteiger partial charge in [-0.1, -0.05) is 53.5 Å². The molecule has 12 nitrogen and oxygen atoms in total. The minimum absolute atomic E-state index is 0.00545. The van der Waals surface area contributed by atoms with E-state index in [9.17, 15) is 32.7 Å². The number of nitrogens with one attached hydrogen (secondary N) is 1. The summed E-state index contributed by atoms with van der Waals surface area (Å²) < 4.78 is 49.2. The molecule has 260 valence electrons. The summed E-state index contributed by atoms with van der Waals surface area (Å²) in [5, 5.41) is 9.83. The zero-order valence-corrected chi connectivity index (χ0v) is 27.5. The molecule has 2 fully saturated rings. The van der Waals surface area contributed by atoms with E-state index in [0.717, 1.165) is 4.57 Å². The van der Waals surface area contributed by atoms with Crippen molar-refractivity contribution < 1.29 is 32.6 Å². The Hall–Kier alpha value is -4.86. The number of ether oxygens (including phenoxy) is 1. The molecule has 2 aliphatic heterocycles. The SMILES string of the molecule is Cn1c(=O)n2n(c1=O)[C@@H]1C[C@H]3C(=O)N(Nc4ncc(C(F)(F)F)cc4Cl)C(=O)[C@@]3(c3ccc(Cl)cc3)[C@@H](c3ccc(OCCO)cc3)C1=CC2. The van der Waals surface area contributed by atoms with Crippen molar-refractivity contribution in [2.75, 3.05) is 18.6 Å². The minimum Gasteiger partial charge on any atom is -0.491 e. The van der Waals surface area contributed by atoms with Crippen LogP contribution in [0, 0.1) is 5.92 Å². The highest BCUT2D eigenvalue weighted by Gasteiger charge is 2.68. The summed E-state index contributed by atoms with van der Waals surface area (Å²) in [7, 11) is 1.35. The second-order valence-electron chi connectivity index (χ2n) is 12.2. The van der Waals surface area contributed by atoms with Crippen molar-refractivity contribution in [2.24, 2.45) is 13.0 Å². The van der Waals surface area contributed by atoms with Crippen molar-refractivity contribution in [3.63, 3.8) is 0 Å². The van der Waals surface area contributed by atoms with Crippen LogP contribution in [0.2, 0.25) is 10.0 Å². The Bertz CT molecular complexity index is 2180. The summed E-state index contributed by atoms with van der Waals surface area (Å²) in [5.41, 5.74) is 0.180. The first-order valence-electron chi connectivity index (χ1n) is 15.3. The highest BCUT2D eigenvalue weighted by molar-refractivity contribution is 6.33. The van der Waals surface area contributed by atoms with Crippen LogP contribution in [0.1, 0.15) is 35.1 Å². The standard InChI is InChI=1S/C33H27Cl2F3N6O6/c1-41-30(48)42-11-10-22-25(44(42)31(41)49)15-23-28(46)43(40-27-24(35)14-19(16-39-27)33(36,37)38)29(47)32(23,18-4-6-20(34)7-5-18)26(22)17-2-8-21(9-3-17)50-13-12-45/h2-10,14,16,23,25-26,45H,11-13,15H2,1H3,(H,39,40)/t23-,25+,26-,32+/m0/s1. The number of anilines is 1. The second-order valence-corrected chi connectivity index (χ2v) is 13.0. The van der Waals surface area contributed by atoms with Crippen LogP contribution in [0.25, 0.3) is 0 Å². The van der Waals surface area contributed by atoms with Crippen molar-refractivity contribution in [3.05, 3.63) is 120 Å². The number of hydrogen-bond donors (Lipinski definition) is 2. The summed E-state index contributed by atoms with van der Waals surface area (Å²) in [6, 6.07) is 12.9. The van der Waals surface area contributed by atoms with Gasteiger partial charge < -0.3 is 9.84 Å². The van der Waals surface area contributed by atoms with Crippen LogP contribution in [-0.4, -0.2) is 54.1 Å². The summed E-state index contributed by atoms with van der Waals surface area (Å²) in [6.07, 6.45) is -2.52. The highest BCUT2D eigenvalue weighted by Crippen LogP contribution is 2.62.